The molecule has 2 atom stereocenters. The van der Waals surface area contributed by atoms with Crippen LogP contribution < -0.4 is 5.73 Å². The lowest BCUT2D eigenvalue weighted by molar-refractivity contribution is 0.626. The predicted octanol–water partition coefficient (Wildman–Crippen LogP) is 2.47. The normalized spacial score (nSPS) is 14.8. The molecular weight excluding hydrogens is 249 g/mol. The van der Waals surface area contributed by atoms with Crippen molar-refractivity contribution in [3.8, 4) is 0 Å². The minimum absolute atomic E-state index is 0.0574. The van der Waals surface area contributed by atoms with Gasteiger partial charge in [0, 0.05) is 28.3 Å². The number of hydrogen-bond acceptors (Lipinski definition) is 2. The summed E-state index contributed by atoms with van der Waals surface area (Å²) in [6.07, 6.45) is 0.792. The highest BCUT2D eigenvalue weighted by Crippen LogP contribution is 2.16. The quantitative estimate of drug-likeness (QED) is 0.887. The smallest absolute Gasteiger partial charge is 0.142 e. The van der Waals surface area contributed by atoms with Crippen molar-refractivity contribution in [2.24, 2.45) is 5.73 Å². The van der Waals surface area contributed by atoms with Crippen molar-refractivity contribution in [3.63, 3.8) is 0 Å². The Hall–Kier alpha value is -0.450. The lowest BCUT2D eigenvalue weighted by Crippen LogP contribution is -2.26. The molecule has 1 rings (SSSR count). The molecule has 0 spiro atoms. The lowest BCUT2D eigenvalue weighted by Gasteiger charge is -2.08. The number of hydrogen-bond donors (Lipinski definition) is 1. The number of halogens is 2. The van der Waals surface area contributed by atoms with Crippen molar-refractivity contribution in [2.45, 2.75) is 25.1 Å². The summed E-state index contributed by atoms with van der Waals surface area (Å²) in [7, 11) is -1.05. The van der Waals surface area contributed by atoms with E-state index >= 15 is 0 Å². The second kappa shape index (κ2) is 6.33. The van der Waals surface area contributed by atoms with Crippen LogP contribution in [0.3, 0.4) is 0 Å². The molecule has 1 aromatic rings. The molecule has 2 unspecified atom stereocenters. The molecule has 2 N–H and O–H groups in total. The molecule has 0 saturated carbocycles. The van der Waals surface area contributed by atoms with Crippen molar-refractivity contribution < 1.29 is 8.60 Å². The Morgan fingerprint density at radius 3 is 2.81 bits per heavy atom. The maximum Gasteiger partial charge on any atom is 0.142 e. The standard InChI is InChI=1S/C11H15ClFNOS/c1-2-9(14)7-16(15)6-8-3-4-10(12)11(13)5-8/h3-5,9H,2,6-7,14H2,1H3. The summed E-state index contributed by atoms with van der Waals surface area (Å²) in [6.45, 7) is 1.95. The third-order valence-corrected chi connectivity index (χ3v) is 4.00. The summed E-state index contributed by atoms with van der Waals surface area (Å²) in [5, 5.41) is 0.0831. The summed E-state index contributed by atoms with van der Waals surface area (Å²) in [4.78, 5) is 0. The van der Waals surface area contributed by atoms with Crippen LogP contribution >= 0.6 is 11.6 Å². The summed E-state index contributed by atoms with van der Waals surface area (Å²) < 4.78 is 24.8. The number of nitrogens with two attached hydrogens (primary N) is 1. The Labute approximate surface area is 102 Å². The molecule has 90 valence electrons. The van der Waals surface area contributed by atoms with Crippen LogP contribution in [0, 0.1) is 5.82 Å². The molecule has 0 saturated heterocycles. The fraction of sp³-hybridized carbons (Fsp3) is 0.455. The molecular formula is C11H15ClFNOS. The third kappa shape index (κ3) is 4.20. The molecule has 0 bridgehead atoms. The van der Waals surface area contributed by atoms with E-state index < -0.39 is 16.6 Å². The highest BCUT2D eigenvalue weighted by Gasteiger charge is 2.08. The summed E-state index contributed by atoms with van der Waals surface area (Å²) in [6, 6.07) is 4.42. The van der Waals surface area contributed by atoms with Crippen molar-refractivity contribution >= 4 is 22.4 Å². The van der Waals surface area contributed by atoms with Gasteiger partial charge in [-0.3, -0.25) is 4.21 Å². The van der Waals surface area contributed by atoms with E-state index in [-0.39, 0.29) is 11.1 Å². The third-order valence-electron chi connectivity index (χ3n) is 2.24. The molecule has 5 heteroatoms. The zero-order valence-electron chi connectivity index (χ0n) is 9.08. The molecule has 2 nitrogen and oxygen atoms in total. The van der Waals surface area contributed by atoms with Gasteiger partial charge in [-0.1, -0.05) is 24.6 Å². The van der Waals surface area contributed by atoms with E-state index in [2.05, 4.69) is 0 Å². The Bertz CT molecular complexity index is 386. The SMILES string of the molecule is CCC(N)CS(=O)Cc1ccc(Cl)c(F)c1. The highest BCUT2D eigenvalue weighted by molar-refractivity contribution is 7.84. The van der Waals surface area contributed by atoms with E-state index in [4.69, 9.17) is 17.3 Å². The van der Waals surface area contributed by atoms with Gasteiger partial charge in [-0.25, -0.2) is 4.39 Å². The zero-order chi connectivity index (χ0) is 12.1. The average Bonchev–Trinajstić information content (AvgIpc) is 2.23. The van der Waals surface area contributed by atoms with Gasteiger partial charge in [0.15, 0.2) is 0 Å². The van der Waals surface area contributed by atoms with Crippen molar-refractivity contribution in [1.29, 1.82) is 0 Å². The molecule has 0 fully saturated rings. The number of benzene rings is 1. The van der Waals surface area contributed by atoms with Gasteiger partial charge in [0.2, 0.25) is 0 Å². The van der Waals surface area contributed by atoms with Gasteiger partial charge in [-0.15, -0.1) is 0 Å². The van der Waals surface area contributed by atoms with Crippen LogP contribution in [0.5, 0.6) is 0 Å². The van der Waals surface area contributed by atoms with Gasteiger partial charge in [-0.2, -0.15) is 0 Å². The first-order chi connectivity index (χ1) is 7.52. The first-order valence-corrected chi connectivity index (χ1v) is 6.94. The van der Waals surface area contributed by atoms with Crippen LogP contribution in [0.15, 0.2) is 18.2 Å². The maximum absolute atomic E-state index is 13.1. The Balaban J connectivity index is 2.59. The van der Waals surface area contributed by atoms with Crippen LogP contribution in [0.4, 0.5) is 4.39 Å². The second-order valence-corrected chi connectivity index (χ2v) is 5.58. The highest BCUT2D eigenvalue weighted by atomic mass is 35.5. The van der Waals surface area contributed by atoms with Crippen LogP contribution in [0.2, 0.25) is 5.02 Å². The first kappa shape index (κ1) is 13.6. The van der Waals surface area contributed by atoms with Gasteiger partial charge in [0.1, 0.15) is 5.82 Å². The fourth-order valence-electron chi connectivity index (χ4n) is 1.23. The van der Waals surface area contributed by atoms with Gasteiger partial charge >= 0.3 is 0 Å². The van der Waals surface area contributed by atoms with Crippen molar-refractivity contribution in [1.82, 2.24) is 0 Å². The van der Waals surface area contributed by atoms with Gasteiger partial charge in [0.05, 0.1) is 5.02 Å². The summed E-state index contributed by atoms with van der Waals surface area (Å²) in [5.74, 6) is 0.290. The monoisotopic (exact) mass is 263 g/mol. The van der Waals surface area contributed by atoms with E-state index in [0.29, 0.717) is 17.1 Å². The predicted molar refractivity (Wildman–Crippen MR) is 66.4 cm³/mol. The molecule has 0 heterocycles. The molecule has 16 heavy (non-hydrogen) atoms. The Kier molecular flexibility index (Phi) is 5.38. The Morgan fingerprint density at radius 1 is 1.56 bits per heavy atom. The molecule has 0 aliphatic carbocycles. The van der Waals surface area contributed by atoms with Gasteiger partial charge < -0.3 is 5.73 Å². The van der Waals surface area contributed by atoms with Crippen LogP contribution in [0.1, 0.15) is 18.9 Å². The largest absolute Gasteiger partial charge is 0.327 e. The molecule has 0 aliphatic rings. The maximum atomic E-state index is 13.1. The van der Waals surface area contributed by atoms with Crippen LogP contribution in [-0.2, 0) is 16.6 Å². The van der Waals surface area contributed by atoms with E-state index in [1.807, 2.05) is 6.92 Å². The molecule has 0 amide bonds. The van der Waals surface area contributed by atoms with Crippen LogP contribution in [0.25, 0.3) is 0 Å². The summed E-state index contributed by atoms with van der Waals surface area (Å²) in [5.41, 5.74) is 6.38. The topological polar surface area (TPSA) is 43.1 Å². The minimum atomic E-state index is -1.05. The molecule has 0 aromatic heterocycles. The van der Waals surface area contributed by atoms with E-state index in [0.717, 1.165) is 6.42 Å². The van der Waals surface area contributed by atoms with Crippen LogP contribution in [-0.4, -0.2) is 16.0 Å². The lowest BCUT2D eigenvalue weighted by atomic mass is 10.2. The van der Waals surface area contributed by atoms with Gasteiger partial charge in [-0.05, 0) is 24.1 Å². The van der Waals surface area contributed by atoms with Crippen molar-refractivity contribution in [3.05, 3.63) is 34.6 Å². The first-order valence-electron chi connectivity index (χ1n) is 5.07. The average molecular weight is 264 g/mol. The number of rotatable bonds is 5. The second-order valence-electron chi connectivity index (χ2n) is 3.67. The zero-order valence-corrected chi connectivity index (χ0v) is 10.7. The molecule has 0 aliphatic heterocycles. The minimum Gasteiger partial charge on any atom is -0.327 e. The van der Waals surface area contributed by atoms with E-state index in [1.165, 1.54) is 12.1 Å². The van der Waals surface area contributed by atoms with Gasteiger partial charge in [0.25, 0.3) is 0 Å². The van der Waals surface area contributed by atoms with Crippen molar-refractivity contribution in [2.75, 3.05) is 5.75 Å². The van der Waals surface area contributed by atoms with E-state index in [1.54, 1.807) is 6.07 Å². The molecule has 0 radical (unpaired) electrons. The Morgan fingerprint density at radius 2 is 2.25 bits per heavy atom. The summed E-state index contributed by atoms with van der Waals surface area (Å²) >= 11 is 5.55. The molecule has 1 aromatic carbocycles. The van der Waals surface area contributed by atoms with E-state index in [9.17, 15) is 8.60 Å². The fourth-order valence-corrected chi connectivity index (χ4v) is 2.73.